The summed E-state index contributed by atoms with van der Waals surface area (Å²) in [5.41, 5.74) is 1.95. The molecule has 31 heavy (non-hydrogen) atoms. The van der Waals surface area contributed by atoms with Crippen LogP contribution in [0.25, 0.3) is 0 Å². The number of hydrogen-bond donors (Lipinski definition) is 0. The molecule has 0 saturated heterocycles. The summed E-state index contributed by atoms with van der Waals surface area (Å²) in [4.78, 5) is 32.2. The molecule has 1 aromatic rings. The second-order valence-electron chi connectivity index (χ2n) is 7.87. The summed E-state index contributed by atoms with van der Waals surface area (Å²) < 4.78 is 5.61. The smallest absolute Gasteiger partial charge is 0.410 e. The molecule has 1 aliphatic rings. The number of benzene rings is 1. The molecule has 0 bridgehead atoms. The highest BCUT2D eigenvalue weighted by molar-refractivity contribution is 6.30. The van der Waals surface area contributed by atoms with Crippen LogP contribution in [0.3, 0.4) is 0 Å². The molecule has 0 aromatic heterocycles. The van der Waals surface area contributed by atoms with Crippen molar-refractivity contribution in [3.05, 3.63) is 58.7 Å². The zero-order valence-electron chi connectivity index (χ0n) is 18.8. The van der Waals surface area contributed by atoms with Crippen LogP contribution in [-0.4, -0.2) is 48.8 Å². The fraction of sp³-hybridized carbons (Fsp3) is 0.500. The molecule has 1 saturated carbocycles. The lowest BCUT2D eigenvalue weighted by Crippen LogP contribution is -2.44. The lowest BCUT2D eigenvalue weighted by Gasteiger charge is -2.36. The number of ether oxygens (including phenoxy) is 1. The van der Waals surface area contributed by atoms with E-state index in [2.05, 4.69) is 0 Å². The first kappa shape index (κ1) is 25.0. The van der Waals surface area contributed by atoms with Gasteiger partial charge in [-0.1, -0.05) is 42.0 Å². The van der Waals surface area contributed by atoms with Gasteiger partial charge in [-0.25, -0.2) is 9.86 Å². The topological polar surface area (TPSA) is 59.1 Å². The zero-order valence-corrected chi connectivity index (χ0v) is 19.6. The number of halogens is 1. The Balaban J connectivity index is 2.08. The third-order valence-corrected chi connectivity index (χ3v) is 5.82. The Bertz CT molecular complexity index is 783. The first-order chi connectivity index (χ1) is 14.8. The van der Waals surface area contributed by atoms with Crippen LogP contribution in [0, 0.1) is 5.92 Å². The van der Waals surface area contributed by atoms with Crippen LogP contribution in [-0.2, 0) is 20.9 Å². The fourth-order valence-corrected chi connectivity index (χ4v) is 3.80. The summed E-state index contributed by atoms with van der Waals surface area (Å²) in [7, 11) is 3.11. The first-order valence-electron chi connectivity index (χ1n) is 10.6. The van der Waals surface area contributed by atoms with E-state index in [-0.39, 0.29) is 30.6 Å². The van der Waals surface area contributed by atoms with Crippen molar-refractivity contribution in [2.45, 2.75) is 52.1 Å². The molecule has 7 heteroatoms. The van der Waals surface area contributed by atoms with Gasteiger partial charge in [0.15, 0.2) is 0 Å². The van der Waals surface area contributed by atoms with E-state index in [0.717, 1.165) is 24.0 Å². The monoisotopic (exact) mass is 448 g/mol. The van der Waals surface area contributed by atoms with Gasteiger partial charge >= 0.3 is 6.09 Å². The third-order valence-electron chi connectivity index (χ3n) is 5.57. The third kappa shape index (κ3) is 7.71. The van der Waals surface area contributed by atoms with Gasteiger partial charge in [0.25, 0.3) is 0 Å². The molecule has 0 aliphatic heterocycles. The predicted octanol–water partition coefficient (Wildman–Crippen LogP) is 5.38. The average molecular weight is 449 g/mol. The highest BCUT2D eigenvalue weighted by Crippen LogP contribution is 2.30. The molecule has 0 atom stereocenters. The number of hydrogen-bond acceptors (Lipinski definition) is 4. The first-order valence-corrected chi connectivity index (χ1v) is 11.0. The second-order valence-corrected chi connectivity index (χ2v) is 8.31. The van der Waals surface area contributed by atoms with E-state index in [1.807, 2.05) is 56.3 Å². The van der Waals surface area contributed by atoms with Crippen LogP contribution >= 0.6 is 11.6 Å². The molecule has 0 radical (unpaired) electrons. The SMILES string of the molecule is C/C=C\C=C(/C)COC(=O)N(Cc1ccc(Cl)cc1)C1CCC(C(=O)N(C)OC)CC1. The van der Waals surface area contributed by atoms with Crippen LogP contribution in [0.5, 0.6) is 0 Å². The Hall–Kier alpha value is -2.31. The molecule has 1 aliphatic carbocycles. The minimum Gasteiger partial charge on any atom is -0.445 e. The van der Waals surface area contributed by atoms with Crippen molar-refractivity contribution in [2.75, 3.05) is 20.8 Å². The van der Waals surface area contributed by atoms with Crippen molar-refractivity contribution in [3.63, 3.8) is 0 Å². The molecular weight excluding hydrogens is 416 g/mol. The quantitative estimate of drug-likeness (QED) is 0.395. The molecule has 0 unspecified atom stereocenters. The van der Waals surface area contributed by atoms with Crippen LogP contribution in [0.2, 0.25) is 5.02 Å². The molecule has 1 aromatic carbocycles. The maximum absolute atomic E-state index is 13.0. The van der Waals surface area contributed by atoms with E-state index in [0.29, 0.717) is 24.4 Å². The molecule has 0 spiro atoms. The summed E-state index contributed by atoms with van der Waals surface area (Å²) >= 11 is 6.01. The van der Waals surface area contributed by atoms with Gasteiger partial charge in [0, 0.05) is 30.6 Å². The molecule has 2 rings (SSSR count). The molecule has 170 valence electrons. The summed E-state index contributed by atoms with van der Waals surface area (Å²) in [5, 5.41) is 1.94. The van der Waals surface area contributed by atoms with Crippen LogP contribution in [0.1, 0.15) is 45.1 Å². The van der Waals surface area contributed by atoms with Crippen LogP contribution < -0.4 is 0 Å². The van der Waals surface area contributed by atoms with Crippen molar-refractivity contribution in [3.8, 4) is 0 Å². The number of hydroxylamine groups is 2. The highest BCUT2D eigenvalue weighted by Gasteiger charge is 2.33. The van der Waals surface area contributed by atoms with Crippen molar-refractivity contribution < 1.29 is 19.2 Å². The van der Waals surface area contributed by atoms with E-state index in [1.165, 1.54) is 12.2 Å². The standard InChI is InChI=1S/C24H33ClN2O4/c1-5-6-7-18(2)17-31-24(29)27(16-19-8-12-21(25)13-9-19)22-14-10-20(11-15-22)23(28)26(3)30-4/h5-9,12-13,20,22H,10-11,14-17H2,1-4H3/b6-5-,18-7+. The highest BCUT2D eigenvalue weighted by atomic mass is 35.5. The minimum absolute atomic E-state index is 0.0138. The maximum Gasteiger partial charge on any atom is 0.410 e. The Kier molecular flexibility index (Phi) is 10.1. The van der Waals surface area contributed by atoms with Crippen LogP contribution in [0.15, 0.2) is 48.1 Å². The second kappa shape index (κ2) is 12.5. The van der Waals surface area contributed by atoms with E-state index in [4.69, 9.17) is 21.2 Å². The van der Waals surface area contributed by atoms with Crippen molar-refractivity contribution >= 4 is 23.6 Å². The number of allylic oxidation sites excluding steroid dienone is 3. The van der Waals surface area contributed by atoms with Gasteiger partial charge in [-0.05, 0) is 62.8 Å². The Morgan fingerprint density at radius 1 is 1.16 bits per heavy atom. The van der Waals surface area contributed by atoms with Gasteiger partial charge < -0.3 is 9.64 Å². The lowest BCUT2D eigenvalue weighted by molar-refractivity contribution is -0.174. The van der Waals surface area contributed by atoms with E-state index in [1.54, 1.807) is 11.9 Å². The molecule has 2 amide bonds. The van der Waals surface area contributed by atoms with Crippen molar-refractivity contribution in [1.29, 1.82) is 0 Å². The summed E-state index contributed by atoms with van der Waals surface area (Å²) in [6.07, 6.45) is 8.34. The van der Waals surface area contributed by atoms with Gasteiger partial charge in [0.1, 0.15) is 6.61 Å². The Morgan fingerprint density at radius 2 is 1.81 bits per heavy atom. The number of amides is 2. The predicted molar refractivity (Wildman–Crippen MR) is 122 cm³/mol. The largest absolute Gasteiger partial charge is 0.445 e. The minimum atomic E-state index is -0.341. The van der Waals surface area contributed by atoms with Crippen molar-refractivity contribution in [2.24, 2.45) is 5.92 Å². The number of carbonyl (C=O) groups excluding carboxylic acids is 2. The summed E-state index contributed by atoms with van der Waals surface area (Å²) in [6.45, 7) is 4.55. The number of nitrogens with zero attached hydrogens (tertiary/aromatic N) is 2. The average Bonchev–Trinajstić information content (AvgIpc) is 2.79. The van der Waals surface area contributed by atoms with Gasteiger partial charge in [-0.3, -0.25) is 9.63 Å². The van der Waals surface area contributed by atoms with Gasteiger partial charge in [0.2, 0.25) is 5.91 Å². The number of rotatable bonds is 8. The zero-order chi connectivity index (χ0) is 22.8. The molecular formula is C24H33ClN2O4. The normalized spacial score (nSPS) is 19.3. The van der Waals surface area contributed by atoms with E-state index in [9.17, 15) is 9.59 Å². The lowest BCUT2D eigenvalue weighted by atomic mass is 9.84. The van der Waals surface area contributed by atoms with E-state index >= 15 is 0 Å². The van der Waals surface area contributed by atoms with Gasteiger partial charge in [0.05, 0.1) is 7.11 Å². The molecule has 0 N–H and O–H groups in total. The van der Waals surface area contributed by atoms with Crippen molar-refractivity contribution in [1.82, 2.24) is 9.96 Å². The van der Waals surface area contributed by atoms with Gasteiger partial charge in [-0.2, -0.15) is 0 Å². The maximum atomic E-state index is 13.0. The molecule has 6 nitrogen and oxygen atoms in total. The molecule has 0 heterocycles. The van der Waals surface area contributed by atoms with Crippen LogP contribution in [0.4, 0.5) is 4.79 Å². The van der Waals surface area contributed by atoms with E-state index < -0.39 is 0 Å². The Labute approximate surface area is 190 Å². The fourth-order valence-electron chi connectivity index (χ4n) is 3.68. The summed E-state index contributed by atoms with van der Waals surface area (Å²) in [6, 6.07) is 7.49. The Morgan fingerprint density at radius 3 is 2.39 bits per heavy atom. The number of carbonyl (C=O) groups is 2. The summed E-state index contributed by atoms with van der Waals surface area (Å²) in [5.74, 6) is -0.0990. The molecule has 1 fully saturated rings. The van der Waals surface area contributed by atoms with Gasteiger partial charge in [-0.15, -0.1) is 0 Å².